The largest absolute Gasteiger partial charge is 0.466 e. The summed E-state index contributed by atoms with van der Waals surface area (Å²) in [6.07, 6.45) is 2.91. The number of hydrogen-bond donors (Lipinski definition) is 1. The van der Waals surface area contributed by atoms with Gasteiger partial charge in [0, 0.05) is 13.1 Å². The molecule has 3 aromatic carbocycles. The molecule has 0 aliphatic carbocycles. The van der Waals surface area contributed by atoms with Crippen molar-refractivity contribution in [2.45, 2.75) is 71.9 Å². The van der Waals surface area contributed by atoms with Gasteiger partial charge in [-0.1, -0.05) is 48.9 Å². The molecule has 0 saturated carbocycles. The second-order valence-electron chi connectivity index (χ2n) is 12.0. The number of carbonyl (C=O) groups excluding carboxylic acids is 4. The number of nitrogens with zero attached hydrogens (tertiary/aromatic N) is 2. The Morgan fingerprint density at radius 2 is 1.66 bits per heavy atom. The van der Waals surface area contributed by atoms with E-state index in [2.05, 4.69) is 11.4 Å². The lowest BCUT2D eigenvalue weighted by atomic mass is 10.0. The first-order valence-corrected chi connectivity index (χ1v) is 15.4. The number of alkyl carbamates (subject to hydrolysis) is 1. The molecule has 0 spiro atoms. The molecule has 0 atom stereocenters. The van der Waals surface area contributed by atoms with Crippen molar-refractivity contribution in [1.82, 2.24) is 10.2 Å². The summed E-state index contributed by atoms with van der Waals surface area (Å²) in [6.45, 7) is 8.30. The van der Waals surface area contributed by atoms with Gasteiger partial charge in [-0.3, -0.25) is 14.4 Å². The Labute approximate surface area is 259 Å². The summed E-state index contributed by atoms with van der Waals surface area (Å²) >= 11 is 0. The lowest BCUT2D eigenvalue weighted by molar-refractivity contribution is -0.143. The molecular formula is C35H43N3O6. The maximum absolute atomic E-state index is 13.8. The molecule has 1 aliphatic heterocycles. The molecule has 3 aromatic rings. The Balaban J connectivity index is 1.48. The number of anilines is 1. The molecule has 1 N–H and O–H groups in total. The Kier molecular flexibility index (Phi) is 11.0. The van der Waals surface area contributed by atoms with E-state index in [4.69, 9.17) is 9.47 Å². The Morgan fingerprint density at radius 1 is 0.909 bits per heavy atom. The number of carbonyl (C=O) groups is 4. The number of benzene rings is 3. The molecule has 0 aromatic heterocycles. The molecule has 0 saturated heterocycles. The summed E-state index contributed by atoms with van der Waals surface area (Å²) in [4.78, 5) is 54.5. The third-order valence-electron chi connectivity index (χ3n) is 7.35. The van der Waals surface area contributed by atoms with Crippen LogP contribution in [-0.2, 0) is 32.0 Å². The van der Waals surface area contributed by atoms with Crippen molar-refractivity contribution in [2.24, 2.45) is 0 Å². The number of nitrogens with one attached hydrogen (secondary N) is 1. The standard InChI is InChI=1S/C35H43N3O6/c1-5-43-32(40)18-20-37-24-31(39)38(23-26-14-16-27-12-8-9-13-28(27)21-26)30-17-15-25(22-29(30)33(37)41)11-7-6-10-19-36-34(42)44-35(2,3)4/h8-9,12-17,21-22H,5-7,10-11,18-20,23-24H2,1-4H3,(H,36,42). The predicted octanol–water partition coefficient (Wildman–Crippen LogP) is 6.02. The van der Waals surface area contributed by atoms with Crippen LogP contribution in [0, 0.1) is 0 Å². The van der Waals surface area contributed by atoms with Crippen LogP contribution in [0.1, 0.15) is 74.9 Å². The first-order valence-electron chi connectivity index (χ1n) is 15.4. The zero-order chi connectivity index (χ0) is 31.7. The highest BCUT2D eigenvalue weighted by molar-refractivity contribution is 6.09. The molecule has 3 amide bonds. The highest BCUT2D eigenvalue weighted by Gasteiger charge is 2.32. The minimum Gasteiger partial charge on any atom is -0.466 e. The van der Waals surface area contributed by atoms with Crippen molar-refractivity contribution in [3.8, 4) is 0 Å². The summed E-state index contributed by atoms with van der Waals surface area (Å²) in [5, 5.41) is 4.98. The number of aryl methyl sites for hydroxylation is 1. The van der Waals surface area contributed by atoms with E-state index < -0.39 is 17.7 Å². The van der Waals surface area contributed by atoms with E-state index in [1.807, 2.05) is 75.4 Å². The lowest BCUT2D eigenvalue weighted by Crippen LogP contribution is -2.40. The van der Waals surface area contributed by atoms with Gasteiger partial charge in [0.05, 0.1) is 30.8 Å². The first-order chi connectivity index (χ1) is 21.0. The highest BCUT2D eigenvalue weighted by atomic mass is 16.6. The molecular weight excluding hydrogens is 558 g/mol. The maximum Gasteiger partial charge on any atom is 0.407 e. The van der Waals surface area contributed by atoms with Crippen LogP contribution in [-0.4, -0.2) is 60.6 Å². The fourth-order valence-corrected chi connectivity index (χ4v) is 5.24. The van der Waals surface area contributed by atoms with Crippen LogP contribution >= 0.6 is 0 Å². The Hall–Kier alpha value is -4.40. The second-order valence-corrected chi connectivity index (χ2v) is 12.0. The zero-order valence-corrected chi connectivity index (χ0v) is 26.2. The molecule has 0 unspecified atom stereocenters. The molecule has 0 radical (unpaired) electrons. The molecule has 1 aliphatic rings. The average Bonchev–Trinajstić information content (AvgIpc) is 3.07. The summed E-state index contributed by atoms with van der Waals surface area (Å²) < 4.78 is 10.3. The van der Waals surface area contributed by atoms with E-state index in [0.29, 0.717) is 24.3 Å². The van der Waals surface area contributed by atoms with Crippen LogP contribution in [0.5, 0.6) is 0 Å². The van der Waals surface area contributed by atoms with Gasteiger partial charge in [-0.05, 0) is 87.1 Å². The highest BCUT2D eigenvalue weighted by Crippen LogP contribution is 2.30. The van der Waals surface area contributed by atoms with Gasteiger partial charge in [-0.25, -0.2) is 4.79 Å². The maximum atomic E-state index is 13.8. The van der Waals surface area contributed by atoms with E-state index in [-0.39, 0.29) is 37.9 Å². The first kappa shape index (κ1) is 32.5. The number of unbranched alkanes of at least 4 members (excludes halogenated alkanes) is 2. The van der Waals surface area contributed by atoms with E-state index in [9.17, 15) is 19.2 Å². The topological polar surface area (TPSA) is 105 Å². The second kappa shape index (κ2) is 14.9. The predicted molar refractivity (Wildman–Crippen MR) is 171 cm³/mol. The van der Waals surface area contributed by atoms with E-state index in [0.717, 1.165) is 47.6 Å². The smallest absolute Gasteiger partial charge is 0.407 e. The van der Waals surface area contributed by atoms with Crippen molar-refractivity contribution >= 4 is 40.3 Å². The quantitative estimate of drug-likeness (QED) is 0.201. The van der Waals surface area contributed by atoms with Gasteiger partial charge in [0.15, 0.2) is 0 Å². The zero-order valence-electron chi connectivity index (χ0n) is 26.2. The minimum atomic E-state index is -0.531. The molecule has 9 heteroatoms. The molecule has 1 heterocycles. The van der Waals surface area contributed by atoms with Gasteiger partial charge in [0.2, 0.25) is 5.91 Å². The molecule has 0 fully saturated rings. The Bertz CT molecular complexity index is 1500. The van der Waals surface area contributed by atoms with Crippen molar-refractivity contribution in [3.05, 3.63) is 77.4 Å². The van der Waals surface area contributed by atoms with Crippen LogP contribution in [0.15, 0.2) is 60.7 Å². The minimum absolute atomic E-state index is 0.0177. The number of hydrogen-bond acceptors (Lipinski definition) is 6. The van der Waals surface area contributed by atoms with Crippen LogP contribution < -0.4 is 10.2 Å². The van der Waals surface area contributed by atoms with Gasteiger partial charge >= 0.3 is 12.1 Å². The van der Waals surface area contributed by atoms with Crippen LogP contribution in [0.3, 0.4) is 0 Å². The van der Waals surface area contributed by atoms with Gasteiger partial charge in [-0.2, -0.15) is 0 Å². The van der Waals surface area contributed by atoms with Crippen molar-refractivity contribution in [1.29, 1.82) is 0 Å². The monoisotopic (exact) mass is 601 g/mol. The molecule has 0 bridgehead atoms. The lowest BCUT2D eigenvalue weighted by Gasteiger charge is -2.23. The average molecular weight is 602 g/mol. The third-order valence-corrected chi connectivity index (χ3v) is 7.35. The Morgan fingerprint density at radius 3 is 2.41 bits per heavy atom. The fraction of sp³-hybridized carbons (Fsp3) is 0.429. The van der Waals surface area contributed by atoms with E-state index in [1.54, 1.807) is 11.8 Å². The number of amides is 3. The number of ether oxygens (including phenoxy) is 2. The van der Waals surface area contributed by atoms with Gasteiger partial charge in [0.25, 0.3) is 5.91 Å². The molecule has 4 rings (SSSR count). The van der Waals surface area contributed by atoms with Crippen molar-refractivity contribution < 1.29 is 28.7 Å². The summed E-state index contributed by atoms with van der Waals surface area (Å²) in [6, 6.07) is 19.9. The number of esters is 1. The number of rotatable bonds is 12. The van der Waals surface area contributed by atoms with Crippen LogP contribution in [0.25, 0.3) is 10.8 Å². The van der Waals surface area contributed by atoms with Crippen molar-refractivity contribution in [3.63, 3.8) is 0 Å². The summed E-state index contributed by atoms with van der Waals surface area (Å²) in [5.41, 5.74) is 2.43. The SMILES string of the molecule is CCOC(=O)CCN1CC(=O)N(Cc2ccc3ccccc3c2)c2ccc(CCCCCNC(=O)OC(C)(C)C)cc2C1=O. The number of fused-ring (bicyclic) bond motifs is 2. The summed E-state index contributed by atoms with van der Waals surface area (Å²) in [7, 11) is 0. The molecule has 44 heavy (non-hydrogen) atoms. The summed E-state index contributed by atoms with van der Waals surface area (Å²) in [5.74, 6) is -0.887. The molecule has 9 nitrogen and oxygen atoms in total. The van der Waals surface area contributed by atoms with E-state index in [1.165, 1.54) is 4.90 Å². The molecule has 234 valence electrons. The van der Waals surface area contributed by atoms with Crippen molar-refractivity contribution in [2.75, 3.05) is 31.1 Å². The third kappa shape index (κ3) is 9.05. The fourth-order valence-electron chi connectivity index (χ4n) is 5.24. The van der Waals surface area contributed by atoms with Gasteiger partial charge in [-0.15, -0.1) is 0 Å². The van der Waals surface area contributed by atoms with E-state index >= 15 is 0 Å². The van der Waals surface area contributed by atoms with Gasteiger partial charge in [0.1, 0.15) is 12.1 Å². The van der Waals surface area contributed by atoms with Crippen LogP contribution in [0.4, 0.5) is 10.5 Å². The van der Waals surface area contributed by atoms with Crippen LogP contribution in [0.2, 0.25) is 0 Å². The van der Waals surface area contributed by atoms with Gasteiger partial charge < -0.3 is 24.6 Å². The normalized spacial score (nSPS) is 13.5.